The minimum absolute atomic E-state index is 0.153. The number of benzene rings is 3. The first-order valence-corrected chi connectivity index (χ1v) is 10.7. The maximum Gasteiger partial charge on any atom is 0.231 e. The molecule has 0 N–H and O–H groups in total. The van der Waals surface area contributed by atoms with Crippen LogP contribution in [0.1, 0.15) is 32.6 Å². The highest BCUT2D eigenvalue weighted by molar-refractivity contribution is 6.42. The van der Waals surface area contributed by atoms with Crippen LogP contribution in [0.25, 0.3) is 6.08 Å². The minimum Gasteiger partial charge on any atom is -0.478 e. The Balaban J connectivity index is 1.42. The zero-order chi connectivity index (χ0) is 21.5. The molecule has 2 aliphatic heterocycles. The Labute approximate surface area is 190 Å². The van der Waals surface area contributed by atoms with Crippen LogP contribution < -0.4 is 9.47 Å². The Hall–Kier alpha value is -2.79. The molecule has 0 atom stereocenters. The third-order valence-electron chi connectivity index (χ3n) is 5.45. The second-order valence-electron chi connectivity index (χ2n) is 7.78. The smallest absolute Gasteiger partial charge is 0.231 e. The minimum atomic E-state index is -0.153. The normalized spacial score (nSPS) is 16.6. The van der Waals surface area contributed by atoms with E-state index >= 15 is 0 Å². The van der Waals surface area contributed by atoms with Crippen molar-refractivity contribution in [3.05, 3.63) is 98.2 Å². The lowest BCUT2D eigenvalue weighted by Crippen LogP contribution is -2.31. The molecule has 0 radical (unpaired) electrons. The maximum atomic E-state index is 12.9. The van der Waals surface area contributed by atoms with E-state index in [0.717, 1.165) is 23.4 Å². The largest absolute Gasteiger partial charge is 0.478 e. The SMILES string of the molecule is Cc1ccc(CN2COc3ccc4c(c3C2)O/C(=C\c2ccc(Cl)c(Cl)c2)C4=O)cc1. The number of halogens is 2. The first-order chi connectivity index (χ1) is 15.0. The molecule has 5 rings (SSSR count). The van der Waals surface area contributed by atoms with Gasteiger partial charge in [-0.25, -0.2) is 0 Å². The number of nitrogens with zero attached hydrogens (tertiary/aromatic N) is 1. The number of hydrogen-bond acceptors (Lipinski definition) is 4. The Bertz CT molecular complexity index is 1220. The van der Waals surface area contributed by atoms with E-state index in [1.54, 1.807) is 30.3 Å². The molecule has 0 unspecified atom stereocenters. The van der Waals surface area contributed by atoms with Crippen LogP contribution in [0.15, 0.2) is 60.4 Å². The number of carbonyl (C=O) groups is 1. The fourth-order valence-corrected chi connectivity index (χ4v) is 4.12. The van der Waals surface area contributed by atoms with Crippen molar-refractivity contribution in [3.63, 3.8) is 0 Å². The second kappa shape index (κ2) is 8.04. The number of fused-ring (bicyclic) bond motifs is 3. The zero-order valence-corrected chi connectivity index (χ0v) is 18.3. The van der Waals surface area contributed by atoms with Gasteiger partial charge >= 0.3 is 0 Å². The van der Waals surface area contributed by atoms with E-state index in [1.165, 1.54) is 11.1 Å². The predicted octanol–water partition coefficient (Wildman–Crippen LogP) is 6.27. The van der Waals surface area contributed by atoms with Gasteiger partial charge in [-0.1, -0.05) is 59.1 Å². The fraction of sp³-hybridized carbons (Fsp3) is 0.160. The van der Waals surface area contributed by atoms with E-state index in [0.29, 0.717) is 34.6 Å². The van der Waals surface area contributed by atoms with E-state index in [4.69, 9.17) is 32.7 Å². The molecule has 0 spiro atoms. The van der Waals surface area contributed by atoms with Crippen molar-refractivity contribution in [1.29, 1.82) is 0 Å². The number of hydrogen-bond donors (Lipinski definition) is 0. The van der Waals surface area contributed by atoms with Crippen LogP contribution in [0.4, 0.5) is 0 Å². The van der Waals surface area contributed by atoms with Gasteiger partial charge in [0.1, 0.15) is 18.2 Å². The molecule has 3 aromatic carbocycles. The number of rotatable bonds is 3. The fourth-order valence-electron chi connectivity index (χ4n) is 3.81. The van der Waals surface area contributed by atoms with Crippen molar-refractivity contribution in [2.45, 2.75) is 20.0 Å². The van der Waals surface area contributed by atoms with E-state index in [1.807, 2.05) is 6.07 Å². The summed E-state index contributed by atoms with van der Waals surface area (Å²) in [4.78, 5) is 15.1. The molecule has 0 fully saturated rings. The molecule has 4 nitrogen and oxygen atoms in total. The van der Waals surface area contributed by atoms with Gasteiger partial charge in [0.25, 0.3) is 0 Å². The Morgan fingerprint density at radius 3 is 2.61 bits per heavy atom. The second-order valence-corrected chi connectivity index (χ2v) is 8.59. The van der Waals surface area contributed by atoms with Crippen LogP contribution in [-0.2, 0) is 13.1 Å². The third kappa shape index (κ3) is 3.94. The summed E-state index contributed by atoms with van der Waals surface area (Å²) in [6, 6.07) is 17.3. The summed E-state index contributed by atoms with van der Waals surface area (Å²) in [5, 5.41) is 0.891. The van der Waals surface area contributed by atoms with Gasteiger partial charge in [-0.2, -0.15) is 0 Å². The summed E-state index contributed by atoms with van der Waals surface area (Å²) < 4.78 is 12.0. The highest BCUT2D eigenvalue weighted by Crippen LogP contribution is 2.42. The molecule has 0 aliphatic carbocycles. The Morgan fingerprint density at radius 1 is 1.03 bits per heavy atom. The lowest BCUT2D eigenvalue weighted by atomic mass is 10.0. The average Bonchev–Trinajstić information content (AvgIpc) is 3.08. The summed E-state index contributed by atoms with van der Waals surface area (Å²) >= 11 is 12.1. The monoisotopic (exact) mass is 451 g/mol. The summed E-state index contributed by atoms with van der Waals surface area (Å²) in [5.41, 5.74) is 4.63. The quantitative estimate of drug-likeness (QED) is 0.439. The molecule has 156 valence electrons. The molecule has 0 bridgehead atoms. The molecule has 0 aromatic heterocycles. The van der Waals surface area contributed by atoms with Crippen LogP contribution >= 0.6 is 23.2 Å². The number of Topliss-reactive ketones (excluding diaryl/α,β-unsaturated/α-hetero) is 1. The lowest BCUT2D eigenvalue weighted by Gasteiger charge is -2.29. The van der Waals surface area contributed by atoms with Crippen molar-refractivity contribution in [2.75, 3.05) is 6.73 Å². The summed E-state index contributed by atoms with van der Waals surface area (Å²) in [6.07, 6.45) is 1.69. The van der Waals surface area contributed by atoms with Crippen LogP contribution in [0.5, 0.6) is 11.5 Å². The van der Waals surface area contributed by atoms with Gasteiger partial charge in [-0.05, 0) is 48.4 Å². The van der Waals surface area contributed by atoms with Crippen molar-refractivity contribution in [2.24, 2.45) is 0 Å². The third-order valence-corrected chi connectivity index (χ3v) is 6.19. The Kier molecular flexibility index (Phi) is 5.22. The predicted molar refractivity (Wildman–Crippen MR) is 122 cm³/mol. The van der Waals surface area contributed by atoms with E-state index < -0.39 is 0 Å². The number of ether oxygens (including phenoxy) is 2. The topological polar surface area (TPSA) is 38.8 Å². The number of allylic oxidation sites excluding steroid dienone is 1. The molecular weight excluding hydrogens is 433 g/mol. The van der Waals surface area contributed by atoms with Gasteiger partial charge in [-0.15, -0.1) is 0 Å². The highest BCUT2D eigenvalue weighted by Gasteiger charge is 2.33. The first-order valence-electron chi connectivity index (χ1n) is 9.94. The molecule has 3 aromatic rings. The van der Waals surface area contributed by atoms with Gasteiger partial charge in [0.15, 0.2) is 5.76 Å². The van der Waals surface area contributed by atoms with Crippen molar-refractivity contribution in [1.82, 2.24) is 4.90 Å². The average molecular weight is 452 g/mol. The number of aryl methyl sites for hydroxylation is 1. The van der Waals surface area contributed by atoms with Crippen LogP contribution in [0, 0.1) is 6.92 Å². The lowest BCUT2D eigenvalue weighted by molar-refractivity contribution is 0.0873. The van der Waals surface area contributed by atoms with Crippen molar-refractivity contribution < 1.29 is 14.3 Å². The van der Waals surface area contributed by atoms with E-state index in [-0.39, 0.29) is 11.5 Å². The molecule has 0 amide bonds. The Morgan fingerprint density at radius 2 is 1.84 bits per heavy atom. The van der Waals surface area contributed by atoms with Gasteiger partial charge in [0.2, 0.25) is 5.78 Å². The molecule has 0 saturated heterocycles. The molecule has 2 aliphatic rings. The van der Waals surface area contributed by atoms with E-state index in [9.17, 15) is 4.79 Å². The van der Waals surface area contributed by atoms with Crippen LogP contribution in [-0.4, -0.2) is 17.4 Å². The first kappa shape index (κ1) is 20.1. The van der Waals surface area contributed by atoms with Gasteiger partial charge in [-0.3, -0.25) is 9.69 Å². The zero-order valence-electron chi connectivity index (χ0n) is 16.8. The molecular formula is C25H19Cl2NO3. The van der Waals surface area contributed by atoms with E-state index in [2.05, 4.69) is 36.1 Å². The van der Waals surface area contributed by atoms with Crippen molar-refractivity contribution in [3.8, 4) is 11.5 Å². The molecule has 0 saturated carbocycles. The maximum absolute atomic E-state index is 12.9. The van der Waals surface area contributed by atoms with Crippen molar-refractivity contribution >= 4 is 35.1 Å². The summed E-state index contributed by atoms with van der Waals surface area (Å²) in [7, 11) is 0. The number of carbonyl (C=O) groups excluding carboxylic acids is 1. The van der Waals surface area contributed by atoms with Gasteiger partial charge < -0.3 is 9.47 Å². The van der Waals surface area contributed by atoms with Crippen LogP contribution in [0.3, 0.4) is 0 Å². The van der Waals surface area contributed by atoms with Gasteiger partial charge in [0, 0.05) is 13.1 Å². The molecule has 6 heteroatoms. The van der Waals surface area contributed by atoms with Crippen LogP contribution in [0.2, 0.25) is 10.0 Å². The molecule has 31 heavy (non-hydrogen) atoms. The standard InChI is InChI=1S/C25H19Cl2NO3/c1-15-2-4-16(5-3-15)12-28-13-19-22(30-14-28)9-7-18-24(29)23(31-25(18)19)11-17-6-8-20(26)21(27)10-17/h2-11H,12-14H2,1H3/b23-11-. The number of ketones is 1. The molecule has 2 heterocycles. The van der Waals surface area contributed by atoms with Gasteiger partial charge in [0.05, 0.1) is 21.2 Å². The highest BCUT2D eigenvalue weighted by atomic mass is 35.5. The summed E-state index contributed by atoms with van der Waals surface area (Å²) in [6.45, 7) is 3.95. The summed E-state index contributed by atoms with van der Waals surface area (Å²) in [5.74, 6) is 1.43.